The number of hydrogen-bond donors (Lipinski definition) is 2. The molecule has 2 rings (SSSR count). The maximum atomic E-state index is 12.1. The van der Waals surface area contributed by atoms with E-state index in [0.717, 1.165) is 6.54 Å². The Morgan fingerprint density at radius 1 is 1.48 bits per heavy atom. The summed E-state index contributed by atoms with van der Waals surface area (Å²) >= 11 is 8.07. The molecule has 0 saturated carbocycles. The van der Waals surface area contributed by atoms with Crippen LogP contribution in [0, 0.1) is 11.8 Å². The first-order valence-corrected chi connectivity index (χ1v) is 8.51. The van der Waals surface area contributed by atoms with Crippen molar-refractivity contribution in [1.29, 1.82) is 0 Å². The van der Waals surface area contributed by atoms with Gasteiger partial charge < -0.3 is 11.1 Å². The van der Waals surface area contributed by atoms with Crippen molar-refractivity contribution < 1.29 is 4.79 Å². The Morgan fingerprint density at radius 2 is 2.33 bits per heavy atom. The van der Waals surface area contributed by atoms with Gasteiger partial charge in [0.1, 0.15) is 0 Å². The van der Waals surface area contributed by atoms with Gasteiger partial charge in [0.25, 0.3) is 5.91 Å². The van der Waals surface area contributed by atoms with Crippen molar-refractivity contribution in [3.8, 4) is 11.8 Å². The smallest absolute Gasteiger partial charge is 0.251 e. The Balaban J connectivity index is 1.94. The van der Waals surface area contributed by atoms with E-state index in [1.807, 2.05) is 11.8 Å². The molecular formula is C16H19ClN2OS. The van der Waals surface area contributed by atoms with E-state index in [-0.39, 0.29) is 12.5 Å². The van der Waals surface area contributed by atoms with Gasteiger partial charge in [-0.2, -0.15) is 11.8 Å². The lowest BCUT2D eigenvalue weighted by atomic mass is 10.1. The lowest BCUT2D eigenvalue weighted by Gasteiger charge is -2.21. The number of hydrogen-bond acceptors (Lipinski definition) is 3. The average Bonchev–Trinajstić information content (AvgIpc) is 2.52. The third-order valence-electron chi connectivity index (χ3n) is 3.32. The summed E-state index contributed by atoms with van der Waals surface area (Å²) in [6.07, 6.45) is 3.73. The Hall–Kier alpha value is -1.15. The number of rotatable bonds is 3. The zero-order chi connectivity index (χ0) is 15.1. The molecule has 0 bridgehead atoms. The first kappa shape index (κ1) is 16.2. The van der Waals surface area contributed by atoms with Gasteiger partial charge >= 0.3 is 0 Å². The second-order valence-corrected chi connectivity index (χ2v) is 6.71. The molecule has 21 heavy (non-hydrogen) atoms. The fourth-order valence-electron chi connectivity index (χ4n) is 2.18. The minimum atomic E-state index is -0.0820. The molecule has 3 nitrogen and oxygen atoms in total. The molecule has 1 heterocycles. The van der Waals surface area contributed by atoms with Crippen molar-refractivity contribution >= 4 is 29.3 Å². The highest BCUT2D eigenvalue weighted by molar-refractivity contribution is 7.99. The van der Waals surface area contributed by atoms with E-state index in [1.54, 1.807) is 18.2 Å². The van der Waals surface area contributed by atoms with Crippen molar-refractivity contribution in [2.75, 3.05) is 18.8 Å². The molecule has 1 aliphatic heterocycles. The molecule has 1 aromatic rings. The summed E-state index contributed by atoms with van der Waals surface area (Å²) in [5.74, 6) is 6.75. The van der Waals surface area contributed by atoms with E-state index < -0.39 is 0 Å². The zero-order valence-electron chi connectivity index (χ0n) is 11.8. The summed E-state index contributed by atoms with van der Waals surface area (Å²) < 4.78 is 0. The zero-order valence-corrected chi connectivity index (χ0v) is 13.4. The van der Waals surface area contributed by atoms with Crippen LogP contribution >= 0.6 is 23.4 Å². The van der Waals surface area contributed by atoms with E-state index in [1.165, 1.54) is 25.0 Å². The molecule has 1 atom stereocenters. The molecule has 0 radical (unpaired) electrons. The number of carbonyl (C=O) groups is 1. The summed E-state index contributed by atoms with van der Waals surface area (Å²) in [7, 11) is 0. The van der Waals surface area contributed by atoms with E-state index in [2.05, 4.69) is 17.2 Å². The Kier molecular flexibility index (Phi) is 6.44. The molecule has 1 amide bonds. The normalized spacial score (nSPS) is 17.7. The number of nitrogens with one attached hydrogen (secondary N) is 1. The second kappa shape index (κ2) is 8.33. The second-order valence-electron chi connectivity index (χ2n) is 4.90. The Labute approximate surface area is 135 Å². The molecule has 0 aliphatic carbocycles. The highest BCUT2D eigenvalue weighted by Crippen LogP contribution is 2.24. The van der Waals surface area contributed by atoms with E-state index >= 15 is 0 Å². The molecule has 1 saturated heterocycles. The number of carbonyl (C=O) groups excluding carboxylic acids is 1. The Bertz CT molecular complexity index is 559. The predicted octanol–water partition coefficient (Wildman–Crippen LogP) is 2.67. The molecule has 5 heteroatoms. The van der Waals surface area contributed by atoms with Crippen LogP contribution in [0.25, 0.3) is 0 Å². The fraction of sp³-hybridized carbons (Fsp3) is 0.438. The van der Waals surface area contributed by atoms with Gasteiger partial charge in [-0.25, -0.2) is 0 Å². The van der Waals surface area contributed by atoms with Crippen LogP contribution < -0.4 is 11.1 Å². The summed E-state index contributed by atoms with van der Waals surface area (Å²) in [5, 5.41) is 4.00. The van der Waals surface area contributed by atoms with Gasteiger partial charge in [-0.15, -0.1) is 0 Å². The van der Waals surface area contributed by atoms with E-state index in [9.17, 15) is 4.79 Å². The number of halogens is 1. The molecule has 1 fully saturated rings. The largest absolute Gasteiger partial charge is 0.351 e. The monoisotopic (exact) mass is 322 g/mol. The molecule has 3 N–H and O–H groups in total. The number of nitrogens with two attached hydrogens (primary N) is 1. The van der Waals surface area contributed by atoms with Crippen molar-refractivity contribution in [2.45, 2.75) is 24.5 Å². The number of benzene rings is 1. The first-order valence-electron chi connectivity index (χ1n) is 7.09. The minimum Gasteiger partial charge on any atom is -0.351 e. The van der Waals surface area contributed by atoms with Gasteiger partial charge in [0.2, 0.25) is 0 Å². The van der Waals surface area contributed by atoms with Gasteiger partial charge in [-0.05, 0) is 36.8 Å². The maximum Gasteiger partial charge on any atom is 0.251 e. The predicted molar refractivity (Wildman–Crippen MR) is 89.8 cm³/mol. The van der Waals surface area contributed by atoms with Gasteiger partial charge in [-0.3, -0.25) is 4.79 Å². The quantitative estimate of drug-likeness (QED) is 0.841. The molecule has 1 unspecified atom stereocenters. The van der Waals surface area contributed by atoms with Crippen LogP contribution in [-0.2, 0) is 0 Å². The maximum absolute atomic E-state index is 12.1. The number of thioether (sulfide) groups is 1. The molecule has 112 valence electrons. The van der Waals surface area contributed by atoms with Gasteiger partial charge in [0, 0.05) is 22.9 Å². The van der Waals surface area contributed by atoms with Crippen LogP contribution in [0.5, 0.6) is 0 Å². The average molecular weight is 323 g/mol. The SMILES string of the molecule is NCC#Cc1ccc(C(=O)NCC2CCCCS2)cc1Cl. The van der Waals surface area contributed by atoms with Crippen LogP contribution in [-0.4, -0.2) is 30.0 Å². The van der Waals surface area contributed by atoms with Gasteiger partial charge in [0.15, 0.2) is 0 Å². The van der Waals surface area contributed by atoms with Crippen molar-refractivity contribution in [3.05, 3.63) is 34.3 Å². The highest BCUT2D eigenvalue weighted by atomic mass is 35.5. The summed E-state index contributed by atoms with van der Waals surface area (Å²) in [6, 6.07) is 5.16. The third-order valence-corrected chi connectivity index (χ3v) is 5.03. The summed E-state index contributed by atoms with van der Waals surface area (Å²) in [5.41, 5.74) is 6.60. The topological polar surface area (TPSA) is 55.1 Å². The van der Waals surface area contributed by atoms with Crippen LogP contribution in [0.1, 0.15) is 35.2 Å². The Morgan fingerprint density at radius 3 is 3.00 bits per heavy atom. The van der Waals surface area contributed by atoms with Crippen molar-refractivity contribution in [3.63, 3.8) is 0 Å². The summed E-state index contributed by atoms with van der Waals surface area (Å²) in [6.45, 7) is 1.01. The minimum absolute atomic E-state index is 0.0820. The van der Waals surface area contributed by atoms with Crippen LogP contribution in [0.2, 0.25) is 5.02 Å². The lowest BCUT2D eigenvalue weighted by Crippen LogP contribution is -2.31. The van der Waals surface area contributed by atoms with Gasteiger partial charge in [0.05, 0.1) is 11.6 Å². The van der Waals surface area contributed by atoms with Crippen LogP contribution in [0.15, 0.2) is 18.2 Å². The highest BCUT2D eigenvalue weighted by Gasteiger charge is 2.15. The van der Waals surface area contributed by atoms with Gasteiger partial charge in [-0.1, -0.05) is 29.9 Å². The lowest BCUT2D eigenvalue weighted by molar-refractivity contribution is 0.0953. The number of amides is 1. The standard InChI is InChI=1S/C16H19ClN2OS/c17-15-10-13(7-6-12(15)4-3-8-18)16(20)19-11-14-5-1-2-9-21-14/h6-7,10,14H,1-2,5,8-9,11,18H2,(H,19,20). The van der Waals surface area contributed by atoms with Crippen LogP contribution in [0.4, 0.5) is 0 Å². The molecule has 1 aromatic carbocycles. The molecule has 1 aliphatic rings. The fourth-order valence-corrected chi connectivity index (χ4v) is 3.65. The molecule has 0 spiro atoms. The molecule has 0 aromatic heterocycles. The van der Waals surface area contributed by atoms with Crippen molar-refractivity contribution in [1.82, 2.24) is 5.32 Å². The van der Waals surface area contributed by atoms with Crippen molar-refractivity contribution in [2.24, 2.45) is 5.73 Å². The van der Waals surface area contributed by atoms with E-state index in [4.69, 9.17) is 17.3 Å². The van der Waals surface area contributed by atoms with Crippen LogP contribution in [0.3, 0.4) is 0 Å². The molecular weight excluding hydrogens is 304 g/mol. The third kappa shape index (κ3) is 4.96. The first-order chi connectivity index (χ1) is 10.2. The van der Waals surface area contributed by atoms with E-state index in [0.29, 0.717) is 21.4 Å². The summed E-state index contributed by atoms with van der Waals surface area (Å²) in [4.78, 5) is 12.1.